The van der Waals surface area contributed by atoms with E-state index in [1.165, 1.54) is 11.3 Å². The highest BCUT2D eigenvalue weighted by atomic mass is 32.1. The SMILES string of the molecule is Cc1cccc(C2CCCN2C(=O)Cc2sc(=S)[nH]c2C)n1. The molecule has 0 radical (unpaired) electrons. The fourth-order valence-corrected chi connectivity index (χ4v) is 4.25. The Kier molecular flexibility index (Phi) is 4.40. The molecule has 4 nitrogen and oxygen atoms in total. The predicted molar refractivity (Wildman–Crippen MR) is 90.6 cm³/mol. The number of hydrogen-bond donors (Lipinski definition) is 1. The Labute approximate surface area is 139 Å². The lowest BCUT2D eigenvalue weighted by atomic mass is 10.1. The van der Waals surface area contributed by atoms with Gasteiger partial charge in [-0.2, -0.15) is 0 Å². The van der Waals surface area contributed by atoms with Crippen LogP contribution < -0.4 is 0 Å². The highest BCUT2D eigenvalue weighted by Crippen LogP contribution is 2.31. The maximum absolute atomic E-state index is 12.7. The molecule has 0 spiro atoms. The summed E-state index contributed by atoms with van der Waals surface area (Å²) in [6.07, 6.45) is 2.45. The van der Waals surface area contributed by atoms with Crippen molar-refractivity contribution in [3.63, 3.8) is 0 Å². The maximum atomic E-state index is 12.7. The summed E-state index contributed by atoms with van der Waals surface area (Å²) in [5.41, 5.74) is 3.01. The van der Waals surface area contributed by atoms with Crippen LogP contribution in [0.3, 0.4) is 0 Å². The molecule has 1 unspecified atom stereocenters. The molecule has 1 saturated heterocycles. The molecule has 22 heavy (non-hydrogen) atoms. The zero-order valence-corrected chi connectivity index (χ0v) is 14.4. The number of aromatic amines is 1. The molecule has 1 N–H and O–H groups in total. The zero-order chi connectivity index (χ0) is 15.7. The molecule has 0 bridgehead atoms. The van der Waals surface area contributed by atoms with Gasteiger partial charge in [-0.15, -0.1) is 11.3 Å². The Morgan fingerprint density at radius 3 is 3.00 bits per heavy atom. The molecular weight excluding hydrogens is 314 g/mol. The van der Waals surface area contributed by atoms with E-state index in [0.29, 0.717) is 6.42 Å². The van der Waals surface area contributed by atoms with Gasteiger partial charge in [0.1, 0.15) is 0 Å². The summed E-state index contributed by atoms with van der Waals surface area (Å²) >= 11 is 6.65. The minimum Gasteiger partial charge on any atom is -0.341 e. The quantitative estimate of drug-likeness (QED) is 0.871. The molecule has 116 valence electrons. The number of carbonyl (C=O) groups is 1. The Bertz CT molecular complexity index is 750. The molecule has 1 amide bonds. The molecule has 3 rings (SSSR count). The third-order valence-corrected chi connectivity index (χ3v) is 5.40. The Balaban J connectivity index is 1.79. The van der Waals surface area contributed by atoms with Gasteiger partial charge < -0.3 is 9.88 Å². The van der Waals surface area contributed by atoms with Crippen molar-refractivity contribution < 1.29 is 4.79 Å². The van der Waals surface area contributed by atoms with Gasteiger partial charge in [-0.1, -0.05) is 6.07 Å². The van der Waals surface area contributed by atoms with E-state index >= 15 is 0 Å². The number of H-pyrrole nitrogens is 1. The second kappa shape index (κ2) is 6.30. The fourth-order valence-electron chi connectivity index (χ4n) is 2.97. The van der Waals surface area contributed by atoms with Crippen molar-refractivity contribution in [2.75, 3.05) is 6.54 Å². The van der Waals surface area contributed by atoms with Gasteiger partial charge in [0.25, 0.3) is 0 Å². The Hall–Kier alpha value is -1.53. The molecular formula is C16H19N3OS2. The average molecular weight is 333 g/mol. The lowest BCUT2D eigenvalue weighted by Crippen LogP contribution is -2.32. The van der Waals surface area contributed by atoms with Crippen molar-refractivity contribution >= 4 is 29.5 Å². The number of pyridine rings is 1. The number of thiazole rings is 1. The monoisotopic (exact) mass is 333 g/mol. The van der Waals surface area contributed by atoms with E-state index in [4.69, 9.17) is 12.2 Å². The standard InChI is InChI=1S/C16H19N3OS2/c1-10-5-3-6-12(17-10)13-7-4-8-19(13)15(20)9-14-11(2)18-16(21)22-14/h3,5-6,13H,4,7-9H2,1-2H3,(H,18,21). The normalized spacial score (nSPS) is 17.9. The third-order valence-electron chi connectivity index (χ3n) is 4.06. The molecule has 2 aromatic rings. The number of nitrogens with zero attached hydrogens (tertiary/aromatic N) is 2. The van der Waals surface area contributed by atoms with E-state index in [1.54, 1.807) is 0 Å². The molecule has 3 heterocycles. The number of aryl methyl sites for hydroxylation is 2. The number of hydrogen-bond acceptors (Lipinski definition) is 4. The summed E-state index contributed by atoms with van der Waals surface area (Å²) in [5, 5.41) is 0. The number of aromatic nitrogens is 2. The van der Waals surface area contributed by atoms with E-state index < -0.39 is 0 Å². The van der Waals surface area contributed by atoms with Crippen LogP contribution in [0.2, 0.25) is 0 Å². The minimum atomic E-state index is 0.111. The molecule has 1 aliphatic rings. The third kappa shape index (κ3) is 3.13. The number of amides is 1. The lowest BCUT2D eigenvalue weighted by molar-refractivity contribution is -0.131. The van der Waals surface area contributed by atoms with E-state index in [9.17, 15) is 4.79 Å². The smallest absolute Gasteiger partial charge is 0.228 e. The van der Waals surface area contributed by atoms with Gasteiger partial charge in [0.2, 0.25) is 5.91 Å². The van der Waals surface area contributed by atoms with Crippen LogP contribution >= 0.6 is 23.6 Å². The van der Waals surface area contributed by atoms with Crippen LogP contribution in [-0.2, 0) is 11.2 Å². The van der Waals surface area contributed by atoms with Crippen LogP contribution in [0.25, 0.3) is 0 Å². The van der Waals surface area contributed by atoms with E-state index in [-0.39, 0.29) is 11.9 Å². The van der Waals surface area contributed by atoms with Crippen LogP contribution in [0, 0.1) is 17.8 Å². The van der Waals surface area contributed by atoms with Gasteiger partial charge in [-0.25, -0.2) is 0 Å². The first-order valence-corrected chi connectivity index (χ1v) is 8.68. The number of carbonyl (C=O) groups excluding carboxylic acids is 1. The second-order valence-corrected chi connectivity index (χ2v) is 7.46. The van der Waals surface area contributed by atoms with Gasteiger partial charge in [0, 0.05) is 22.8 Å². The number of rotatable bonds is 3. The molecule has 6 heteroatoms. The molecule has 1 atom stereocenters. The zero-order valence-electron chi connectivity index (χ0n) is 12.8. The van der Waals surface area contributed by atoms with Gasteiger partial charge >= 0.3 is 0 Å². The highest BCUT2D eigenvalue weighted by molar-refractivity contribution is 7.73. The first-order valence-electron chi connectivity index (χ1n) is 7.46. The van der Waals surface area contributed by atoms with E-state index in [0.717, 1.165) is 45.3 Å². The van der Waals surface area contributed by atoms with E-state index in [1.807, 2.05) is 36.9 Å². The summed E-state index contributed by atoms with van der Waals surface area (Å²) in [5.74, 6) is 0.166. The summed E-state index contributed by atoms with van der Waals surface area (Å²) in [6, 6.07) is 6.13. The average Bonchev–Trinajstić information content (AvgIpc) is 3.06. The first kappa shape index (κ1) is 15.4. The van der Waals surface area contributed by atoms with Crippen molar-refractivity contribution in [3.05, 3.63) is 44.1 Å². The van der Waals surface area contributed by atoms with Gasteiger partial charge in [-0.3, -0.25) is 9.78 Å². The van der Waals surface area contributed by atoms with Gasteiger partial charge in [-0.05, 0) is 51.0 Å². The highest BCUT2D eigenvalue weighted by Gasteiger charge is 2.31. The lowest BCUT2D eigenvalue weighted by Gasteiger charge is -2.24. The van der Waals surface area contributed by atoms with Crippen molar-refractivity contribution in [3.8, 4) is 0 Å². The predicted octanol–water partition coefficient (Wildman–Crippen LogP) is 3.72. The molecule has 0 aromatic carbocycles. The largest absolute Gasteiger partial charge is 0.341 e. The van der Waals surface area contributed by atoms with Crippen LogP contribution in [0.4, 0.5) is 0 Å². The molecule has 0 aliphatic carbocycles. The topological polar surface area (TPSA) is 49.0 Å². The summed E-state index contributed by atoms with van der Waals surface area (Å²) in [4.78, 5) is 23.4. The first-order chi connectivity index (χ1) is 10.5. The molecule has 1 fully saturated rings. The van der Waals surface area contributed by atoms with Crippen molar-refractivity contribution in [1.82, 2.24) is 14.9 Å². The summed E-state index contributed by atoms with van der Waals surface area (Å²) in [7, 11) is 0. The van der Waals surface area contributed by atoms with Crippen LogP contribution in [0.1, 0.15) is 40.8 Å². The number of likely N-dealkylation sites (tertiary alicyclic amines) is 1. The maximum Gasteiger partial charge on any atom is 0.228 e. The van der Waals surface area contributed by atoms with Crippen LogP contribution in [0.15, 0.2) is 18.2 Å². The Morgan fingerprint density at radius 1 is 1.50 bits per heavy atom. The number of nitrogens with one attached hydrogen (secondary N) is 1. The minimum absolute atomic E-state index is 0.111. The molecule has 2 aromatic heterocycles. The molecule has 1 aliphatic heterocycles. The van der Waals surface area contributed by atoms with E-state index in [2.05, 4.69) is 9.97 Å². The van der Waals surface area contributed by atoms with Crippen LogP contribution in [0.5, 0.6) is 0 Å². The molecule has 0 saturated carbocycles. The van der Waals surface area contributed by atoms with Crippen molar-refractivity contribution in [2.45, 2.75) is 39.2 Å². The Morgan fingerprint density at radius 2 is 2.32 bits per heavy atom. The van der Waals surface area contributed by atoms with Crippen molar-refractivity contribution in [2.24, 2.45) is 0 Å². The van der Waals surface area contributed by atoms with Crippen LogP contribution in [-0.4, -0.2) is 27.3 Å². The second-order valence-electron chi connectivity index (χ2n) is 5.69. The fraction of sp³-hybridized carbons (Fsp3) is 0.438. The summed E-state index contributed by atoms with van der Waals surface area (Å²) < 4.78 is 0.735. The van der Waals surface area contributed by atoms with Crippen molar-refractivity contribution in [1.29, 1.82) is 0 Å². The van der Waals surface area contributed by atoms with Gasteiger partial charge in [0.15, 0.2) is 3.95 Å². The summed E-state index contributed by atoms with van der Waals surface area (Å²) in [6.45, 7) is 4.77. The van der Waals surface area contributed by atoms with Gasteiger partial charge in [0.05, 0.1) is 18.2 Å².